The van der Waals surface area contributed by atoms with Crippen molar-refractivity contribution in [2.24, 2.45) is 11.8 Å². The van der Waals surface area contributed by atoms with Crippen LogP contribution in [0.25, 0.3) is 0 Å². The van der Waals surface area contributed by atoms with E-state index in [-0.39, 0.29) is 45.2 Å². The first-order valence-corrected chi connectivity index (χ1v) is 13.9. The third-order valence-corrected chi connectivity index (χ3v) is 10.3. The molecule has 1 heterocycles. The molecule has 3 unspecified atom stereocenters. The Kier molecular flexibility index (Phi) is 6.84. The number of nitrogens with zero attached hydrogens (tertiary/aromatic N) is 1. The van der Waals surface area contributed by atoms with E-state index in [1.807, 2.05) is 11.8 Å². The molecule has 194 valence electrons. The van der Waals surface area contributed by atoms with Crippen molar-refractivity contribution in [2.45, 2.75) is 61.3 Å². The number of sulfone groups is 1. The van der Waals surface area contributed by atoms with Gasteiger partial charge in [-0.3, -0.25) is 4.79 Å². The second-order valence-corrected chi connectivity index (χ2v) is 12.5. The second kappa shape index (κ2) is 9.64. The number of hydrogen-bond acceptors (Lipinski definition) is 6. The minimum atomic E-state index is -3.86. The number of hydrogen-bond donors (Lipinski definition) is 2. The standard InChI is InChI=1S/C25H27ClF2N2O5S/c1-13-12-30(25(32)35-13)23-14-2-3-15(23)9-18(8-14)36(33,34)22-10-16(4-6-19(22)26)24(31)29-17-5-7-20(27)21(28)11-17/h4-7,10-11,13-15,18,23,25,32H,2-3,8-9,12H2,1H3,(H,29,31)/t13-,14?,15?,18?,23?,25?/m1/s1. The van der Waals surface area contributed by atoms with Crippen molar-refractivity contribution in [1.29, 1.82) is 0 Å². The van der Waals surface area contributed by atoms with Gasteiger partial charge in [0.25, 0.3) is 5.91 Å². The molecule has 2 N–H and O–H groups in total. The number of anilines is 1. The Morgan fingerprint density at radius 2 is 1.81 bits per heavy atom. The Morgan fingerprint density at radius 1 is 1.11 bits per heavy atom. The highest BCUT2D eigenvalue weighted by Crippen LogP contribution is 2.49. The van der Waals surface area contributed by atoms with Gasteiger partial charge >= 0.3 is 0 Å². The fraction of sp³-hybridized carbons (Fsp3) is 0.480. The summed E-state index contributed by atoms with van der Waals surface area (Å²) in [5.41, 5.74) is 0.0706. The number of aliphatic hydroxyl groups excluding tert-OH is 1. The lowest BCUT2D eigenvalue weighted by Gasteiger charge is -2.40. The molecule has 3 fully saturated rings. The fourth-order valence-corrected chi connectivity index (χ4v) is 8.47. The molecule has 1 amide bonds. The zero-order chi connectivity index (χ0) is 25.8. The van der Waals surface area contributed by atoms with Gasteiger partial charge in [0.1, 0.15) is 0 Å². The maximum Gasteiger partial charge on any atom is 0.255 e. The van der Waals surface area contributed by atoms with Crippen LogP contribution in [0.4, 0.5) is 14.5 Å². The first-order valence-electron chi connectivity index (χ1n) is 11.9. The Labute approximate surface area is 213 Å². The molecular weight excluding hydrogens is 514 g/mol. The first-order chi connectivity index (χ1) is 17.0. The number of rotatable bonds is 5. The number of carbonyl (C=O) groups excluding carboxylic acids is 1. The summed E-state index contributed by atoms with van der Waals surface area (Å²) in [6, 6.07) is 6.99. The summed E-state index contributed by atoms with van der Waals surface area (Å²) in [4.78, 5) is 14.6. The zero-order valence-electron chi connectivity index (χ0n) is 19.5. The molecule has 0 aromatic heterocycles. The number of nitrogens with one attached hydrogen (secondary N) is 1. The van der Waals surface area contributed by atoms with E-state index in [2.05, 4.69) is 5.32 Å². The highest BCUT2D eigenvalue weighted by Gasteiger charge is 2.51. The summed E-state index contributed by atoms with van der Waals surface area (Å²) in [5.74, 6) is -2.62. The summed E-state index contributed by atoms with van der Waals surface area (Å²) in [5, 5.41) is 12.1. The van der Waals surface area contributed by atoms with E-state index in [4.69, 9.17) is 16.3 Å². The number of amides is 1. The van der Waals surface area contributed by atoms with E-state index in [0.29, 0.717) is 19.4 Å². The second-order valence-electron chi connectivity index (χ2n) is 9.92. The largest absolute Gasteiger partial charge is 0.356 e. The van der Waals surface area contributed by atoms with Crippen molar-refractivity contribution in [3.05, 3.63) is 58.6 Å². The number of ether oxygens (including phenoxy) is 1. The molecule has 4 atom stereocenters. The summed E-state index contributed by atoms with van der Waals surface area (Å²) < 4.78 is 59.6. The normalized spacial score (nSPS) is 30.5. The average molecular weight is 541 g/mol. The number of halogens is 3. The topological polar surface area (TPSA) is 95.9 Å². The highest BCUT2D eigenvalue weighted by molar-refractivity contribution is 7.92. The van der Waals surface area contributed by atoms with E-state index in [0.717, 1.165) is 25.0 Å². The van der Waals surface area contributed by atoms with E-state index >= 15 is 0 Å². The third-order valence-electron chi connectivity index (χ3n) is 7.61. The molecule has 2 aliphatic carbocycles. The molecule has 7 nitrogen and oxygen atoms in total. The van der Waals surface area contributed by atoms with Crippen LogP contribution in [0, 0.1) is 23.5 Å². The van der Waals surface area contributed by atoms with Crippen molar-refractivity contribution < 1.29 is 31.8 Å². The number of fused-ring (bicyclic) bond motifs is 2. The van der Waals surface area contributed by atoms with Gasteiger partial charge in [-0.25, -0.2) is 22.1 Å². The van der Waals surface area contributed by atoms with Crippen LogP contribution in [-0.2, 0) is 14.6 Å². The summed E-state index contributed by atoms with van der Waals surface area (Å²) in [6.45, 7) is 2.51. The molecule has 36 heavy (non-hydrogen) atoms. The van der Waals surface area contributed by atoms with Crippen molar-refractivity contribution >= 4 is 33.0 Å². The number of aliphatic hydroxyl groups is 1. The minimum Gasteiger partial charge on any atom is -0.356 e. The van der Waals surface area contributed by atoms with Crippen molar-refractivity contribution in [1.82, 2.24) is 4.90 Å². The van der Waals surface area contributed by atoms with Crippen LogP contribution in [0.1, 0.15) is 43.0 Å². The van der Waals surface area contributed by atoms with Gasteiger partial charge in [-0.15, -0.1) is 0 Å². The molecule has 3 aliphatic rings. The smallest absolute Gasteiger partial charge is 0.255 e. The Hall–Kier alpha value is -2.11. The lowest BCUT2D eigenvalue weighted by Crippen LogP contribution is -2.50. The maximum atomic E-state index is 13.7. The van der Waals surface area contributed by atoms with Crippen LogP contribution in [0.3, 0.4) is 0 Å². The lowest BCUT2D eigenvalue weighted by atomic mass is 9.83. The Morgan fingerprint density at radius 3 is 2.42 bits per heavy atom. The summed E-state index contributed by atoms with van der Waals surface area (Å²) >= 11 is 6.30. The predicted octanol–water partition coefficient (Wildman–Crippen LogP) is 4.20. The van der Waals surface area contributed by atoms with Crippen LogP contribution < -0.4 is 5.32 Å². The van der Waals surface area contributed by atoms with Gasteiger partial charge in [0.05, 0.1) is 21.3 Å². The van der Waals surface area contributed by atoms with Crippen LogP contribution in [0.5, 0.6) is 0 Å². The maximum absolute atomic E-state index is 13.7. The van der Waals surface area contributed by atoms with Gasteiger partial charge in [-0.1, -0.05) is 11.6 Å². The Balaban J connectivity index is 1.36. The summed E-state index contributed by atoms with van der Waals surface area (Å²) in [6.07, 6.45) is 1.57. The molecule has 2 bridgehead atoms. The molecule has 0 radical (unpaired) electrons. The van der Waals surface area contributed by atoms with Crippen molar-refractivity contribution in [3.8, 4) is 0 Å². The van der Waals surface area contributed by atoms with Gasteiger partial charge in [0.15, 0.2) is 21.5 Å². The lowest BCUT2D eigenvalue weighted by molar-refractivity contribution is -0.166. The molecule has 2 aromatic carbocycles. The van der Waals surface area contributed by atoms with Gasteiger partial charge in [-0.05, 0) is 74.8 Å². The van der Waals surface area contributed by atoms with Crippen LogP contribution in [0.15, 0.2) is 41.3 Å². The van der Waals surface area contributed by atoms with Crippen LogP contribution in [-0.4, -0.2) is 54.7 Å². The van der Waals surface area contributed by atoms with E-state index < -0.39 is 39.0 Å². The predicted molar refractivity (Wildman–Crippen MR) is 129 cm³/mol. The highest BCUT2D eigenvalue weighted by atomic mass is 35.5. The monoisotopic (exact) mass is 540 g/mol. The minimum absolute atomic E-state index is 0.0195. The molecule has 1 saturated heterocycles. The van der Waals surface area contributed by atoms with Crippen molar-refractivity contribution in [2.75, 3.05) is 11.9 Å². The fourth-order valence-electron chi connectivity index (χ4n) is 6.04. The molecular formula is C25H27ClF2N2O5S. The molecule has 5 rings (SSSR count). The molecule has 11 heteroatoms. The zero-order valence-corrected chi connectivity index (χ0v) is 21.1. The van der Waals surface area contributed by atoms with E-state index in [1.54, 1.807) is 0 Å². The SMILES string of the molecule is C[C@@H]1CN(C2C3CCC2CC(S(=O)(=O)c2cc(C(=O)Nc4ccc(F)c(F)c4)ccc2Cl)C3)C(O)O1. The molecule has 0 spiro atoms. The molecule has 1 aliphatic heterocycles. The van der Waals surface area contributed by atoms with Crippen molar-refractivity contribution in [3.63, 3.8) is 0 Å². The van der Waals surface area contributed by atoms with Crippen LogP contribution >= 0.6 is 11.6 Å². The van der Waals surface area contributed by atoms with Gasteiger partial charge in [-0.2, -0.15) is 0 Å². The third kappa shape index (κ3) is 4.65. The summed E-state index contributed by atoms with van der Waals surface area (Å²) in [7, 11) is -3.86. The quantitative estimate of drug-likeness (QED) is 0.590. The van der Waals surface area contributed by atoms with E-state index in [1.165, 1.54) is 24.3 Å². The van der Waals surface area contributed by atoms with E-state index in [9.17, 15) is 27.1 Å². The van der Waals surface area contributed by atoms with Gasteiger partial charge in [0, 0.05) is 29.9 Å². The van der Waals surface area contributed by atoms with Crippen LogP contribution in [0.2, 0.25) is 5.02 Å². The first kappa shape index (κ1) is 25.5. The Bertz CT molecular complexity index is 1280. The molecule has 2 aromatic rings. The van der Waals surface area contributed by atoms with Gasteiger partial charge in [0.2, 0.25) is 6.41 Å². The molecule has 2 saturated carbocycles. The number of carbonyl (C=O) groups is 1. The average Bonchev–Trinajstić information content (AvgIpc) is 3.28. The van der Waals surface area contributed by atoms with Gasteiger partial charge < -0.3 is 15.2 Å². The number of benzene rings is 2.